The third-order valence-electron chi connectivity index (χ3n) is 4.87. The van der Waals surface area contributed by atoms with Crippen molar-refractivity contribution in [1.29, 1.82) is 0 Å². The average molecular weight is 433 g/mol. The van der Waals surface area contributed by atoms with E-state index >= 15 is 0 Å². The van der Waals surface area contributed by atoms with E-state index in [0.29, 0.717) is 38.7 Å². The van der Waals surface area contributed by atoms with Crippen molar-refractivity contribution >= 4 is 5.96 Å². The van der Waals surface area contributed by atoms with Gasteiger partial charge in [-0.25, -0.2) is 0 Å². The lowest BCUT2D eigenvalue weighted by atomic mass is 9.84. The molecular formula is C20H30F3N3O4. The van der Waals surface area contributed by atoms with Crippen LogP contribution in [0.4, 0.5) is 13.2 Å². The highest BCUT2D eigenvalue weighted by Crippen LogP contribution is 2.32. The molecule has 1 fully saturated rings. The molecule has 1 aliphatic rings. The third kappa shape index (κ3) is 7.66. The number of ether oxygens (including phenoxy) is 2. The van der Waals surface area contributed by atoms with E-state index in [1.165, 1.54) is 12.1 Å². The molecule has 0 saturated carbocycles. The number of rotatable bonds is 10. The summed E-state index contributed by atoms with van der Waals surface area (Å²) in [4.78, 5) is 4.55. The van der Waals surface area contributed by atoms with Gasteiger partial charge in [0.15, 0.2) is 5.96 Å². The van der Waals surface area contributed by atoms with E-state index in [1.54, 1.807) is 0 Å². The number of guanidine groups is 1. The van der Waals surface area contributed by atoms with Crippen LogP contribution in [0.3, 0.4) is 0 Å². The number of halogens is 3. The summed E-state index contributed by atoms with van der Waals surface area (Å²) in [6.45, 7) is 4.39. The van der Waals surface area contributed by atoms with Crippen LogP contribution in [0.1, 0.15) is 25.3 Å². The molecule has 7 nitrogen and oxygen atoms in total. The Balaban J connectivity index is 1.82. The van der Waals surface area contributed by atoms with Crippen LogP contribution in [0.25, 0.3) is 0 Å². The molecule has 1 aromatic carbocycles. The van der Waals surface area contributed by atoms with Gasteiger partial charge >= 0.3 is 6.18 Å². The fraction of sp³-hybridized carbons (Fsp3) is 0.650. The molecule has 1 aliphatic heterocycles. The van der Waals surface area contributed by atoms with Gasteiger partial charge in [-0.05, 0) is 44.0 Å². The summed E-state index contributed by atoms with van der Waals surface area (Å²) in [5.41, 5.74) is -0.934. The Hall–Kier alpha value is -2.04. The second-order valence-corrected chi connectivity index (χ2v) is 7.34. The van der Waals surface area contributed by atoms with Gasteiger partial charge in [-0.3, -0.25) is 4.99 Å². The molecule has 0 bridgehead atoms. The first-order valence-electron chi connectivity index (χ1n) is 9.97. The smallest absolute Gasteiger partial charge is 0.416 e. The lowest BCUT2D eigenvalue weighted by Gasteiger charge is -2.25. The molecule has 1 saturated heterocycles. The van der Waals surface area contributed by atoms with Crippen molar-refractivity contribution in [3.05, 3.63) is 29.8 Å². The topological polar surface area (TPSA) is 95.3 Å². The molecule has 2 atom stereocenters. The molecule has 0 amide bonds. The quantitative estimate of drug-likeness (QED) is 0.332. The highest BCUT2D eigenvalue weighted by Gasteiger charge is 2.34. The van der Waals surface area contributed by atoms with E-state index < -0.39 is 17.8 Å². The maximum absolute atomic E-state index is 12.6. The summed E-state index contributed by atoms with van der Waals surface area (Å²) < 4.78 is 48.5. The van der Waals surface area contributed by atoms with Crippen LogP contribution in [0.5, 0.6) is 5.75 Å². The maximum Gasteiger partial charge on any atom is 0.416 e. The van der Waals surface area contributed by atoms with Crippen molar-refractivity contribution in [3.63, 3.8) is 0 Å². The maximum atomic E-state index is 12.6. The van der Waals surface area contributed by atoms with Crippen LogP contribution in [-0.4, -0.2) is 68.3 Å². The van der Waals surface area contributed by atoms with E-state index in [0.717, 1.165) is 18.6 Å². The summed E-state index contributed by atoms with van der Waals surface area (Å²) in [7, 11) is 0. The highest BCUT2D eigenvalue weighted by atomic mass is 19.4. The van der Waals surface area contributed by atoms with E-state index in [1.807, 2.05) is 6.92 Å². The molecule has 1 heterocycles. The van der Waals surface area contributed by atoms with Crippen molar-refractivity contribution in [2.75, 3.05) is 46.1 Å². The molecule has 170 valence electrons. The zero-order valence-electron chi connectivity index (χ0n) is 17.0. The number of benzene rings is 1. The van der Waals surface area contributed by atoms with Crippen LogP contribution in [-0.2, 0) is 10.9 Å². The van der Waals surface area contributed by atoms with Gasteiger partial charge in [0, 0.05) is 31.7 Å². The highest BCUT2D eigenvalue weighted by molar-refractivity contribution is 5.79. The largest absolute Gasteiger partial charge is 0.491 e. The predicted octanol–water partition coefficient (Wildman–Crippen LogP) is 1.79. The molecule has 30 heavy (non-hydrogen) atoms. The number of aliphatic imine (C=N–C) groups is 1. The number of hydrogen-bond donors (Lipinski definition) is 4. The number of alkyl halides is 3. The third-order valence-corrected chi connectivity index (χ3v) is 4.87. The molecule has 4 N–H and O–H groups in total. The van der Waals surface area contributed by atoms with Crippen molar-refractivity contribution in [2.24, 2.45) is 10.4 Å². The minimum absolute atomic E-state index is 0.0723. The minimum atomic E-state index is -4.40. The summed E-state index contributed by atoms with van der Waals surface area (Å²) in [6, 6.07) is 4.31. The lowest BCUT2D eigenvalue weighted by Crippen LogP contribution is -2.43. The Labute approximate surface area is 174 Å². The molecule has 2 unspecified atom stereocenters. The summed E-state index contributed by atoms with van der Waals surface area (Å²) >= 11 is 0. The lowest BCUT2D eigenvalue weighted by molar-refractivity contribution is -0.137. The van der Waals surface area contributed by atoms with Gasteiger partial charge in [-0.2, -0.15) is 13.2 Å². The van der Waals surface area contributed by atoms with Crippen molar-refractivity contribution in [3.8, 4) is 5.75 Å². The van der Waals surface area contributed by atoms with Gasteiger partial charge in [0.2, 0.25) is 0 Å². The molecule has 0 aromatic heterocycles. The second kappa shape index (κ2) is 11.4. The molecule has 1 aromatic rings. The zero-order valence-corrected chi connectivity index (χ0v) is 17.0. The second-order valence-electron chi connectivity index (χ2n) is 7.34. The Kier molecular flexibility index (Phi) is 9.19. The van der Waals surface area contributed by atoms with Gasteiger partial charge in [-0.1, -0.05) is 0 Å². The van der Waals surface area contributed by atoms with Crippen LogP contribution in [0, 0.1) is 5.41 Å². The number of aliphatic hydroxyl groups is 2. The minimum Gasteiger partial charge on any atom is -0.491 e. The zero-order chi connectivity index (χ0) is 22.0. The Morgan fingerprint density at radius 3 is 2.60 bits per heavy atom. The first kappa shape index (κ1) is 24.2. The normalized spacial score (nSPS) is 20.8. The number of aliphatic hydroxyl groups excluding tert-OH is 2. The number of nitrogens with zero attached hydrogens (tertiary/aromatic N) is 1. The molecule has 0 spiro atoms. The predicted molar refractivity (Wildman–Crippen MR) is 106 cm³/mol. The van der Waals surface area contributed by atoms with Gasteiger partial charge in [0.05, 0.1) is 18.7 Å². The number of nitrogens with one attached hydrogen (secondary N) is 2. The fourth-order valence-electron chi connectivity index (χ4n) is 3.08. The van der Waals surface area contributed by atoms with E-state index in [4.69, 9.17) is 9.47 Å². The van der Waals surface area contributed by atoms with Crippen LogP contribution in [0.2, 0.25) is 0 Å². The van der Waals surface area contributed by atoms with Gasteiger partial charge in [-0.15, -0.1) is 0 Å². The van der Waals surface area contributed by atoms with E-state index in [-0.39, 0.29) is 30.9 Å². The first-order chi connectivity index (χ1) is 14.3. The van der Waals surface area contributed by atoms with Crippen molar-refractivity contribution in [1.82, 2.24) is 10.6 Å². The molecule has 10 heteroatoms. The molecular weight excluding hydrogens is 403 g/mol. The summed E-state index contributed by atoms with van der Waals surface area (Å²) in [5.74, 6) is 0.769. The Bertz CT molecular complexity index is 662. The standard InChI is InChI=1S/C20H30F3N3O4/c1-2-24-18(26-13-19(7-9-27)8-10-29-14-19)25-11-16(28)12-30-17-5-3-15(4-6-17)20(21,22)23/h3-6,16,27-28H,2,7-14H2,1H3,(H2,24,25,26). The van der Waals surface area contributed by atoms with Crippen molar-refractivity contribution < 1.29 is 32.9 Å². The van der Waals surface area contributed by atoms with Crippen molar-refractivity contribution in [2.45, 2.75) is 32.0 Å². The molecule has 0 radical (unpaired) electrons. The fourth-order valence-corrected chi connectivity index (χ4v) is 3.08. The summed E-state index contributed by atoms with van der Waals surface area (Å²) in [5, 5.41) is 25.5. The van der Waals surface area contributed by atoms with Crippen LogP contribution in [0.15, 0.2) is 29.3 Å². The average Bonchev–Trinajstić information content (AvgIpc) is 3.17. The number of hydrogen-bond acceptors (Lipinski definition) is 5. The van der Waals surface area contributed by atoms with Crippen LogP contribution >= 0.6 is 0 Å². The van der Waals surface area contributed by atoms with Gasteiger partial charge < -0.3 is 30.3 Å². The summed E-state index contributed by atoms with van der Waals surface area (Å²) in [6.07, 6.45) is -3.85. The Morgan fingerprint density at radius 1 is 1.30 bits per heavy atom. The Morgan fingerprint density at radius 2 is 2.03 bits per heavy atom. The van der Waals surface area contributed by atoms with Crippen LogP contribution < -0.4 is 15.4 Å². The monoisotopic (exact) mass is 433 g/mol. The van der Waals surface area contributed by atoms with E-state index in [9.17, 15) is 23.4 Å². The SMILES string of the molecule is CCNC(=NCC1(CCO)CCOC1)NCC(O)COc1ccc(C(F)(F)F)cc1. The van der Waals surface area contributed by atoms with Gasteiger partial charge in [0.25, 0.3) is 0 Å². The molecule has 2 rings (SSSR count). The first-order valence-corrected chi connectivity index (χ1v) is 9.97. The molecule has 0 aliphatic carbocycles. The van der Waals surface area contributed by atoms with Gasteiger partial charge in [0.1, 0.15) is 18.5 Å². The van der Waals surface area contributed by atoms with E-state index in [2.05, 4.69) is 15.6 Å².